The molecule has 3 N–H and O–H groups in total. The Morgan fingerprint density at radius 1 is 0.917 bits per heavy atom. The zero-order chi connectivity index (χ0) is 25.3. The van der Waals surface area contributed by atoms with Gasteiger partial charge in [0.15, 0.2) is 0 Å². The third-order valence-electron chi connectivity index (χ3n) is 5.70. The number of hydrogen-bond acceptors (Lipinski definition) is 7. The van der Waals surface area contributed by atoms with Gasteiger partial charge in [-0.15, -0.1) is 0 Å². The van der Waals surface area contributed by atoms with Crippen molar-refractivity contribution in [2.45, 2.75) is 30.7 Å². The van der Waals surface area contributed by atoms with Gasteiger partial charge in [-0.05, 0) is 54.3 Å². The second-order valence-corrected chi connectivity index (χ2v) is 9.89. The van der Waals surface area contributed by atoms with Crippen molar-refractivity contribution in [3.8, 4) is 22.6 Å². The van der Waals surface area contributed by atoms with E-state index in [4.69, 9.17) is 9.47 Å². The summed E-state index contributed by atoms with van der Waals surface area (Å²) in [5, 5.41) is 15.2. The minimum atomic E-state index is -0.662. The zero-order valence-corrected chi connectivity index (χ0v) is 20.9. The van der Waals surface area contributed by atoms with Gasteiger partial charge in [-0.25, -0.2) is 0 Å². The molecule has 1 fully saturated rings. The number of ether oxygens (including phenoxy) is 2. The first-order chi connectivity index (χ1) is 17.5. The van der Waals surface area contributed by atoms with Crippen molar-refractivity contribution >= 4 is 22.9 Å². The maximum atomic E-state index is 11.7. The third kappa shape index (κ3) is 7.58. The van der Waals surface area contributed by atoms with Crippen molar-refractivity contribution < 1.29 is 24.2 Å². The third-order valence-corrected chi connectivity index (χ3v) is 6.68. The molecule has 0 aliphatic carbocycles. The highest BCUT2D eigenvalue weighted by molar-refractivity contribution is 8.15. The summed E-state index contributed by atoms with van der Waals surface area (Å²) in [6.45, 7) is 2.98. The summed E-state index contributed by atoms with van der Waals surface area (Å²) < 4.78 is 11.6. The smallest absolute Gasteiger partial charge is 0.286 e. The molecule has 0 saturated carbocycles. The summed E-state index contributed by atoms with van der Waals surface area (Å²) in [7, 11) is 0. The van der Waals surface area contributed by atoms with E-state index in [9.17, 15) is 14.7 Å². The molecule has 3 aromatic carbocycles. The van der Waals surface area contributed by atoms with Crippen molar-refractivity contribution in [1.82, 2.24) is 10.6 Å². The largest absolute Gasteiger partial charge is 0.492 e. The minimum absolute atomic E-state index is 0.0188. The molecule has 1 aliphatic rings. The lowest BCUT2D eigenvalue weighted by molar-refractivity contribution is -0.118. The number of aliphatic hydroxyl groups excluding tert-OH is 1. The van der Waals surface area contributed by atoms with Gasteiger partial charge < -0.3 is 19.9 Å². The molecule has 3 atom stereocenters. The molecular formula is C28H30N2O5S. The van der Waals surface area contributed by atoms with Gasteiger partial charge in [0.25, 0.3) is 5.24 Å². The van der Waals surface area contributed by atoms with Gasteiger partial charge in [-0.2, -0.15) is 0 Å². The average Bonchev–Trinajstić information content (AvgIpc) is 3.22. The molecule has 1 aliphatic heterocycles. The van der Waals surface area contributed by atoms with E-state index in [1.165, 1.54) is 0 Å². The fourth-order valence-electron chi connectivity index (χ4n) is 3.73. The number of aliphatic hydroxyl groups is 1. The van der Waals surface area contributed by atoms with Gasteiger partial charge in [0.05, 0.1) is 5.25 Å². The maximum Gasteiger partial charge on any atom is 0.286 e. The Labute approximate surface area is 215 Å². The van der Waals surface area contributed by atoms with E-state index in [1.807, 2.05) is 73.7 Å². The Kier molecular flexibility index (Phi) is 9.00. The van der Waals surface area contributed by atoms with Gasteiger partial charge in [-0.1, -0.05) is 66.4 Å². The molecule has 188 valence electrons. The highest BCUT2D eigenvalue weighted by atomic mass is 32.2. The molecule has 2 amide bonds. The Morgan fingerprint density at radius 2 is 1.64 bits per heavy atom. The van der Waals surface area contributed by atoms with Gasteiger partial charge in [0, 0.05) is 12.6 Å². The second kappa shape index (κ2) is 12.6. The quantitative estimate of drug-likeness (QED) is 0.341. The van der Waals surface area contributed by atoms with E-state index >= 15 is 0 Å². The molecule has 3 aromatic rings. The number of rotatable bonds is 12. The summed E-state index contributed by atoms with van der Waals surface area (Å²) in [6, 6.07) is 25.4. The topological polar surface area (TPSA) is 96.9 Å². The molecule has 0 aromatic heterocycles. The molecule has 7 nitrogen and oxygen atoms in total. The normalized spacial score (nSPS) is 16.9. The number of carbonyl (C=O) groups is 2. The molecule has 4 rings (SSSR count). The number of amides is 2. The minimum Gasteiger partial charge on any atom is -0.492 e. The van der Waals surface area contributed by atoms with Crippen molar-refractivity contribution in [3.63, 3.8) is 0 Å². The van der Waals surface area contributed by atoms with Gasteiger partial charge in [0.1, 0.15) is 30.8 Å². The number of thioether (sulfide) groups is 1. The average molecular weight is 507 g/mol. The molecular weight excluding hydrogens is 476 g/mol. The number of nitrogens with one attached hydrogen (secondary N) is 2. The fourth-order valence-corrected chi connectivity index (χ4v) is 4.59. The molecule has 0 bridgehead atoms. The van der Waals surface area contributed by atoms with Crippen LogP contribution in [0.2, 0.25) is 0 Å². The van der Waals surface area contributed by atoms with Gasteiger partial charge in [-0.3, -0.25) is 14.9 Å². The fraction of sp³-hybridized carbons (Fsp3) is 0.286. The molecule has 3 unspecified atom stereocenters. The number of carbonyl (C=O) groups excluding carboxylic acids is 2. The number of hydrogen-bond donors (Lipinski definition) is 3. The van der Waals surface area contributed by atoms with E-state index < -0.39 is 6.10 Å². The molecule has 1 heterocycles. The Morgan fingerprint density at radius 3 is 2.36 bits per heavy atom. The Bertz CT molecular complexity index is 1160. The second-order valence-electron chi connectivity index (χ2n) is 8.71. The van der Waals surface area contributed by atoms with Crippen LogP contribution >= 0.6 is 11.8 Å². The number of imide groups is 1. The summed E-state index contributed by atoms with van der Waals surface area (Å²) in [5.74, 6) is 1.20. The van der Waals surface area contributed by atoms with Crippen LogP contribution in [0.5, 0.6) is 11.5 Å². The summed E-state index contributed by atoms with van der Waals surface area (Å²) in [4.78, 5) is 23.0. The summed E-state index contributed by atoms with van der Waals surface area (Å²) in [5.41, 5.74) is 3.15. The molecule has 0 spiro atoms. The summed E-state index contributed by atoms with van der Waals surface area (Å²) >= 11 is 1.03. The van der Waals surface area contributed by atoms with Crippen molar-refractivity contribution in [3.05, 3.63) is 84.4 Å². The first-order valence-corrected chi connectivity index (χ1v) is 12.8. The molecule has 0 radical (unpaired) electrons. The van der Waals surface area contributed by atoms with Crippen LogP contribution in [0.25, 0.3) is 11.1 Å². The van der Waals surface area contributed by atoms with Crippen molar-refractivity contribution in [2.24, 2.45) is 0 Å². The highest BCUT2D eigenvalue weighted by Gasteiger charge is 2.31. The Balaban J connectivity index is 1.15. The zero-order valence-electron chi connectivity index (χ0n) is 20.1. The maximum absolute atomic E-state index is 11.7. The molecule has 36 heavy (non-hydrogen) atoms. The first kappa shape index (κ1) is 25.8. The first-order valence-electron chi connectivity index (χ1n) is 11.9. The van der Waals surface area contributed by atoms with Crippen LogP contribution in [0.1, 0.15) is 12.5 Å². The van der Waals surface area contributed by atoms with Crippen LogP contribution in [-0.4, -0.2) is 53.4 Å². The van der Waals surface area contributed by atoms with Gasteiger partial charge >= 0.3 is 0 Å². The summed E-state index contributed by atoms with van der Waals surface area (Å²) in [6.07, 6.45) is -0.165. The van der Waals surface area contributed by atoms with Gasteiger partial charge in [0.2, 0.25) is 5.91 Å². The van der Waals surface area contributed by atoms with E-state index in [2.05, 4.69) is 22.8 Å². The lowest BCUT2D eigenvalue weighted by Crippen LogP contribution is -2.39. The van der Waals surface area contributed by atoms with Crippen LogP contribution in [0.4, 0.5) is 4.79 Å². The SMILES string of the molecule is CC(COc1ccc(CC2SC(=O)NC2=O)cc1)NCC(O)COc1cccc(-c2ccccc2)c1. The van der Waals surface area contributed by atoms with Crippen LogP contribution in [0.15, 0.2) is 78.9 Å². The standard InChI is InChI=1S/C28H30N2O5S/c1-19(17-34-24-12-10-20(11-13-24)14-26-27(32)30-28(33)36-26)29-16-23(31)18-35-25-9-5-8-22(15-25)21-6-3-2-4-7-21/h2-13,15,19,23,26,29,31H,14,16-18H2,1H3,(H,30,32,33). The molecule has 1 saturated heterocycles. The van der Waals surface area contributed by atoms with E-state index in [0.29, 0.717) is 31.1 Å². The van der Waals surface area contributed by atoms with Crippen LogP contribution in [-0.2, 0) is 11.2 Å². The predicted molar refractivity (Wildman–Crippen MR) is 141 cm³/mol. The monoisotopic (exact) mass is 506 g/mol. The number of benzene rings is 3. The highest BCUT2D eigenvalue weighted by Crippen LogP contribution is 2.25. The van der Waals surface area contributed by atoms with E-state index in [0.717, 1.165) is 28.5 Å². The molecule has 8 heteroatoms. The Hall–Kier alpha value is -3.33. The van der Waals surface area contributed by atoms with Crippen molar-refractivity contribution in [1.29, 1.82) is 0 Å². The van der Waals surface area contributed by atoms with E-state index in [-0.39, 0.29) is 29.0 Å². The van der Waals surface area contributed by atoms with Crippen LogP contribution in [0, 0.1) is 0 Å². The van der Waals surface area contributed by atoms with E-state index in [1.54, 1.807) is 0 Å². The van der Waals surface area contributed by atoms with Crippen molar-refractivity contribution in [2.75, 3.05) is 19.8 Å². The van der Waals surface area contributed by atoms with Crippen LogP contribution < -0.4 is 20.1 Å². The van der Waals surface area contributed by atoms with Crippen LogP contribution in [0.3, 0.4) is 0 Å². The predicted octanol–water partition coefficient (Wildman–Crippen LogP) is 4.04. The lowest BCUT2D eigenvalue weighted by Gasteiger charge is -2.18. The lowest BCUT2D eigenvalue weighted by atomic mass is 10.1.